The van der Waals surface area contributed by atoms with Gasteiger partial charge in [-0.2, -0.15) is 0 Å². The molecule has 0 radical (unpaired) electrons. The van der Waals surface area contributed by atoms with Crippen LogP contribution in [0, 0.1) is 0 Å². The quantitative estimate of drug-likeness (QED) is 0.734. The van der Waals surface area contributed by atoms with Crippen molar-refractivity contribution in [2.45, 2.75) is 11.7 Å². The molecule has 1 aromatic heterocycles. The second-order valence-corrected chi connectivity index (χ2v) is 9.71. The number of carbonyl (C=O) groups excluding carboxylic acids is 1. The molecule has 3 heterocycles. The number of ether oxygens (including phenoxy) is 2. The van der Waals surface area contributed by atoms with Crippen LogP contribution in [0.1, 0.15) is 22.1 Å². The van der Waals surface area contributed by atoms with E-state index in [9.17, 15) is 13.2 Å². The maximum Gasteiger partial charge on any atom is 0.246 e. The summed E-state index contributed by atoms with van der Waals surface area (Å²) in [6.45, 7) is 0.843. The lowest BCUT2D eigenvalue weighted by Crippen LogP contribution is -2.32. The highest BCUT2D eigenvalue weighted by molar-refractivity contribution is 7.91. The van der Waals surface area contributed by atoms with Crippen molar-refractivity contribution in [3.63, 3.8) is 0 Å². The van der Waals surface area contributed by atoms with Crippen molar-refractivity contribution in [2.24, 2.45) is 0 Å². The molecule has 1 aromatic carbocycles. The zero-order valence-electron chi connectivity index (χ0n) is 14.5. The van der Waals surface area contributed by atoms with Crippen LogP contribution in [-0.2, 0) is 14.6 Å². The van der Waals surface area contributed by atoms with Crippen LogP contribution < -0.4 is 9.47 Å². The Morgan fingerprint density at radius 1 is 1.19 bits per heavy atom. The number of rotatable bonds is 3. The molecular formula is C19H19NO5S2. The van der Waals surface area contributed by atoms with E-state index < -0.39 is 15.1 Å². The summed E-state index contributed by atoms with van der Waals surface area (Å²) in [7, 11) is -3.26. The van der Waals surface area contributed by atoms with Gasteiger partial charge in [0.05, 0.1) is 11.0 Å². The summed E-state index contributed by atoms with van der Waals surface area (Å²) in [6, 6.07) is 9.17. The molecule has 2 aliphatic rings. The molecule has 1 atom stereocenters. The normalized spacial score (nSPS) is 21.3. The summed E-state index contributed by atoms with van der Waals surface area (Å²) in [5.74, 6) is 1.15. The minimum atomic E-state index is -3.26. The smallest absolute Gasteiger partial charge is 0.246 e. The fraction of sp³-hybridized carbons (Fsp3) is 0.316. The average molecular weight is 405 g/mol. The fourth-order valence-electron chi connectivity index (χ4n) is 3.25. The minimum absolute atomic E-state index is 0.0147. The third kappa shape index (κ3) is 3.86. The number of hydrogen-bond donors (Lipinski definition) is 0. The van der Waals surface area contributed by atoms with Gasteiger partial charge in [-0.05, 0) is 41.6 Å². The molecule has 1 saturated heterocycles. The Morgan fingerprint density at radius 3 is 2.85 bits per heavy atom. The summed E-state index contributed by atoms with van der Waals surface area (Å²) in [6.07, 6.45) is 3.61. The van der Waals surface area contributed by atoms with Crippen LogP contribution in [0.5, 0.6) is 11.5 Å². The van der Waals surface area contributed by atoms with Crippen LogP contribution in [0.15, 0.2) is 41.8 Å². The molecule has 0 N–H and O–H groups in total. The molecule has 0 bridgehead atoms. The zero-order valence-corrected chi connectivity index (χ0v) is 16.2. The molecule has 6 nitrogen and oxygen atoms in total. The highest BCUT2D eigenvalue weighted by Crippen LogP contribution is 2.33. The number of thiophene rings is 1. The SMILES string of the molecule is O=C(/C=C/c1ccc2c(c1)OCO2)N1CC[C@@H](c2cccs2)S(=O)(=O)CC1. The van der Waals surface area contributed by atoms with Crippen molar-refractivity contribution < 1.29 is 22.7 Å². The maximum atomic E-state index is 12.6. The second kappa shape index (κ2) is 7.36. The Balaban J connectivity index is 1.45. The van der Waals surface area contributed by atoms with Gasteiger partial charge in [0.2, 0.25) is 12.7 Å². The molecule has 0 aliphatic carbocycles. The number of fused-ring (bicyclic) bond motifs is 1. The average Bonchev–Trinajstić information content (AvgIpc) is 3.30. The van der Waals surface area contributed by atoms with E-state index >= 15 is 0 Å². The third-order valence-electron chi connectivity index (χ3n) is 4.73. The van der Waals surface area contributed by atoms with Gasteiger partial charge in [-0.1, -0.05) is 12.1 Å². The minimum Gasteiger partial charge on any atom is -0.454 e. The molecule has 0 saturated carbocycles. The van der Waals surface area contributed by atoms with Gasteiger partial charge in [0.1, 0.15) is 0 Å². The van der Waals surface area contributed by atoms with E-state index in [4.69, 9.17) is 9.47 Å². The van der Waals surface area contributed by atoms with Gasteiger partial charge >= 0.3 is 0 Å². The number of nitrogens with zero attached hydrogens (tertiary/aromatic N) is 1. The first kappa shape index (κ1) is 18.1. The van der Waals surface area contributed by atoms with Gasteiger partial charge in [0, 0.05) is 24.0 Å². The lowest BCUT2D eigenvalue weighted by atomic mass is 10.2. The monoisotopic (exact) mass is 405 g/mol. The van der Waals surface area contributed by atoms with Crippen molar-refractivity contribution in [1.82, 2.24) is 4.90 Å². The van der Waals surface area contributed by atoms with Crippen LogP contribution in [0.2, 0.25) is 0 Å². The Labute approximate surface area is 161 Å². The van der Waals surface area contributed by atoms with Crippen LogP contribution in [0.3, 0.4) is 0 Å². The maximum absolute atomic E-state index is 12.6. The standard InChI is InChI=1S/C19H19NO5S2/c21-19(6-4-14-3-5-15-16(12-14)25-13-24-15)20-8-7-18(17-2-1-10-26-17)27(22,23)11-9-20/h1-6,10,12,18H,7-9,11,13H2/b6-4+/t18-/m0/s1. The van der Waals surface area contributed by atoms with Crippen molar-refractivity contribution in [1.29, 1.82) is 0 Å². The Morgan fingerprint density at radius 2 is 2.04 bits per heavy atom. The predicted octanol–water partition coefficient (Wildman–Crippen LogP) is 2.88. The topological polar surface area (TPSA) is 72.9 Å². The Hall–Kier alpha value is -2.32. The van der Waals surface area contributed by atoms with E-state index in [0.29, 0.717) is 24.5 Å². The highest BCUT2D eigenvalue weighted by atomic mass is 32.2. The van der Waals surface area contributed by atoms with Crippen molar-refractivity contribution >= 4 is 33.2 Å². The Bertz CT molecular complexity index is 966. The van der Waals surface area contributed by atoms with E-state index in [1.807, 2.05) is 29.6 Å². The van der Waals surface area contributed by atoms with Crippen molar-refractivity contribution in [3.8, 4) is 11.5 Å². The van der Waals surface area contributed by atoms with Gasteiger partial charge in [-0.25, -0.2) is 8.42 Å². The van der Waals surface area contributed by atoms with E-state index in [1.165, 1.54) is 17.4 Å². The molecule has 1 fully saturated rings. The van der Waals surface area contributed by atoms with Crippen LogP contribution in [0.4, 0.5) is 0 Å². The molecule has 2 aromatic rings. The van der Waals surface area contributed by atoms with Gasteiger partial charge in [0.25, 0.3) is 0 Å². The molecule has 142 valence electrons. The molecular weight excluding hydrogens is 386 g/mol. The van der Waals surface area contributed by atoms with E-state index in [1.54, 1.807) is 17.0 Å². The zero-order chi connectivity index (χ0) is 18.9. The Kier molecular flexibility index (Phi) is 4.92. The molecule has 2 aliphatic heterocycles. The number of sulfone groups is 1. The molecule has 8 heteroatoms. The van der Waals surface area contributed by atoms with Gasteiger partial charge in [-0.3, -0.25) is 4.79 Å². The van der Waals surface area contributed by atoms with E-state index in [-0.39, 0.29) is 25.0 Å². The molecule has 27 heavy (non-hydrogen) atoms. The first-order valence-corrected chi connectivity index (χ1v) is 11.2. The number of hydrogen-bond acceptors (Lipinski definition) is 6. The summed E-state index contributed by atoms with van der Waals surface area (Å²) in [4.78, 5) is 15.0. The fourth-order valence-corrected chi connectivity index (χ4v) is 6.25. The third-order valence-corrected chi connectivity index (χ3v) is 7.97. The number of amides is 1. The first-order valence-electron chi connectivity index (χ1n) is 8.64. The van der Waals surface area contributed by atoms with Crippen LogP contribution >= 0.6 is 11.3 Å². The van der Waals surface area contributed by atoms with Gasteiger partial charge in [-0.15, -0.1) is 11.3 Å². The molecule has 0 unspecified atom stereocenters. The van der Waals surface area contributed by atoms with Gasteiger partial charge < -0.3 is 14.4 Å². The summed E-state index contributed by atoms with van der Waals surface area (Å²) >= 11 is 1.45. The largest absolute Gasteiger partial charge is 0.454 e. The first-order chi connectivity index (χ1) is 13.0. The molecule has 0 spiro atoms. The molecule has 4 rings (SSSR count). The van der Waals surface area contributed by atoms with E-state index in [0.717, 1.165) is 10.4 Å². The van der Waals surface area contributed by atoms with Crippen LogP contribution in [0.25, 0.3) is 6.08 Å². The molecule has 1 amide bonds. The lowest BCUT2D eigenvalue weighted by Gasteiger charge is -2.17. The predicted molar refractivity (Wildman–Crippen MR) is 104 cm³/mol. The summed E-state index contributed by atoms with van der Waals surface area (Å²) in [5, 5.41) is 1.36. The van der Waals surface area contributed by atoms with Gasteiger partial charge in [0.15, 0.2) is 21.3 Å². The summed E-state index contributed by atoms with van der Waals surface area (Å²) in [5.41, 5.74) is 0.825. The summed E-state index contributed by atoms with van der Waals surface area (Å²) < 4.78 is 35.8. The van der Waals surface area contributed by atoms with Crippen molar-refractivity contribution in [3.05, 3.63) is 52.2 Å². The highest BCUT2D eigenvalue weighted by Gasteiger charge is 2.32. The van der Waals surface area contributed by atoms with Crippen molar-refractivity contribution in [2.75, 3.05) is 25.6 Å². The lowest BCUT2D eigenvalue weighted by molar-refractivity contribution is -0.125. The second-order valence-electron chi connectivity index (χ2n) is 6.43. The van der Waals surface area contributed by atoms with E-state index in [2.05, 4.69) is 0 Å². The number of carbonyl (C=O) groups is 1. The van der Waals surface area contributed by atoms with Crippen LogP contribution in [-0.4, -0.2) is 44.9 Å². The number of benzene rings is 1.